The zero-order valence-corrected chi connectivity index (χ0v) is 23.9. The number of benzene rings is 3. The van der Waals surface area contributed by atoms with Crippen molar-refractivity contribution in [2.24, 2.45) is 0 Å². The Morgan fingerprint density at radius 2 is 1.88 bits per heavy atom. The van der Waals surface area contributed by atoms with Gasteiger partial charge >= 0.3 is 12.1 Å². The number of likely N-dealkylation sites (tertiary alicyclic amines) is 1. The minimum atomic E-state index is -1.00. The molecule has 2 atom stereocenters. The van der Waals surface area contributed by atoms with Crippen molar-refractivity contribution in [3.63, 3.8) is 0 Å². The van der Waals surface area contributed by atoms with Gasteiger partial charge < -0.3 is 20.1 Å². The van der Waals surface area contributed by atoms with Gasteiger partial charge in [0.1, 0.15) is 11.9 Å². The van der Waals surface area contributed by atoms with Gasteiger partial charge in [0.05, 0.1) is 17.8 Å². The van der Waals surface area contributed by atoms with Crippen LogP contribution in [0.15, 0.2) is 91.1 Å². The quantitative estimate of drug-likeness (QED) is 0.232. The van der Waals surface area contributed by atoms with Gasteiger partial charge in [-0.25, -0.2) is 14.6 Å². The molecule has 2 aliphatic heterocycles. The van der Waals surface area contributed by atoms with E-state index in [1.165, 1.54) is 6.07 Å². The Morgan fingerprint density at radius 1 is 1.05 bits per heavy atom. The van der Waals surface area contributed by atoms with Gasteiger partial charge in [0.2, 0.25) is 5.91 Å². The second kappa shape index (κ2) is 11.8. The van der Waals surface area contributed by atoms with Crippen LogP contribution in [-0.2, 0) is 21.6 Å². The van der Waals surface area contributed by atoms with Crippen molar-refractivity contribution in [3.05, 3.63) is 113 Å². The molecule has 218 valence electrons. The first kappa shape index (κ1) is 28.2. The number of aromatic nitrogens is 1. The Morgan fingerprint density at radius 3 is 2.65 bits per heavy atom. The Kier molecular flexibility index (Phi) is 7.73. The average Bonchev–Trinajstić information content (AvgIpc) is 3.02. The maximum Gasteiger partial charge on any atom is 0.412 e. The lowest BCUT2D eigenvalue weighted by atomic mass is 9.83. The molecule has 1 fully saturated rings. The number of carbonyl (C=O) groups is 3. The van der Waals surface area contributed by atoms with Gasteiger partial charge in [-0.2, -0.15) is 0 Å². The molecule has 9 nitrogen and oxygen atoms in total. The first-order valence-electron chi connectivity index (χ1n) is 14.0. The number of anilines is 2. The van der Waals surface area contributed by atoms with Crippen LogP contribution in [0.3, 0.4) is 0 Å². The van der Waals surface area contributed by atoms with E-state index in [1.54, 1.807) is 47.5 Å². The summed E-state index contributed by atoms with van der Waals surface area (Å²) in [6.45, 7) is 0.715. The summed E-state index contributed by atoms with van der Waals surface area (Å²) in [5.41, 5.74) is 3.04. The Bertz CT molecular complexity index is 1680. The molecule has 1 saturated heterocycles. The number of nitrogens with zero attached hydrogens (tertiary/aromatic N) is 2. The lowest BCUT2D eigenvalue weighted by molar-refractivity contribution is -0.139. The molecule has 0 bridgehead atoms. The van der Waals surface area contributed by atoms with E-state index in [9.17, 15) is 19.5 Å². The molecule has 3 heterocycles. The Labute approximate surface area is 253 Å². The molecule has 4 aromatic rings. The summed E-state index contributed by atoms with van der Waals surface area (Å²) >= 11 is 6.33. The Hall–Kier alpha value is -4.89. The summed E-state index contributed by atoms with van der Waals surface area (Å²) in [5, 5.41) is 15.9. The number of aromatic carboxylic acids is 1. The first-order chi connectivity index (χ1) is 20.8. The van der Waals surface area contributed by atoms with Crippen LogP contribution in [0.1, 0.15) is 34.3 Å². The highest BCUT2D eigenvalue weighted by atomic mass is 35.5. The minimum absolute atomic E-state index is 0.138. The molecule has 0 aliphatic carbocycles. The van der Waals surface area contributed by atoms with Crippen LogP contribution in [0.4, 0.5) is 16.3 Å². The van der Waals surface area contributed by atoms with E-state index >= 15 is 0 Å². The van der Waals surface area contributed by atoms with Gasteiger partial charge in [-0.15, -0.1) is 0 Å². The number of hydrogen-bond donors (Lipinski definition) is 3. The lowest BCUT2D eigenvalue weighted by Gasteiger charge is -2.45. The molecule has 0 radical (unpaired) electrons. The lowest BCUT2D eigenvalue weighted by Crippen LogP contribution is -2.56. The van der Waals surface area contributed by atoms with Crippen molar-refractivity contribution in [1.29, 1.82) is 0 Å². The van der Waals surface area contributed by atoms with Crippen molar-refractivity contribution in [3.8, 4) is 11.1 Å². The van der Waals surface area contributed by atoms with Crippen molar-refractivity contribution < 1.29 is 24.2 Å². The number of ether oxygens (including phenoxy) is 1. The Balaban J connectivity index is 1.26. The zero-order valence-electron chi connectivity index (χ0n) is 23.1. The van der Waals surface area contributed by atoms with Gasteiger partial charge in [0, 0.05) is 35.3 Å². The molecular formula is C33H29ClN4O5. The molecule has 43 heavy (non-hydrogen) atoms. The predicted molar refractivity (Wildman–Crippen MR) is 163 cm³/mol. The fourth-order valence-electron chi connectivity index (χ4n) is 5.81. The largest absolute Gasteiger partial charge is 0.478 e. The highest BCUT2D eigenvalue weighted by Crippen LogP contribution is 2.43. The summed E-state index contributed by atoms with van der Waals surface area (Å²) in [4.78, 5) is 44.4. The number of carbonyl (C=O) groups excluding carboxylic acids is 2. The number of nitrogens with one attached hydrogen (secondary N) is 2. The van der Waals surface area contributed by atoms with Gasteiger partial charge in [-0.1, -0.05) is 54.1 Å². The third-order valence-corrected chi connectivity index (χ3v) is 8.11. The number of rotatable bonds is 7. The third-order valence-electron chi connectivity index (χ3n) is 7.87. The van der Waals surface area contributed by atoms with E-state index in [4.69, 9.17) is 16.3 Å². The van der Waals surface area contributed by atoms with E-state index < -0.39 is 23.7 Å². The molecule has 2 aliphatic rings. The number of carboxylic acids is 1. The highest BCUT2D eigenvalue weighted by Gasteiger charge is 2.47. The maximum atomic E-state index is 14.2. The van der Waals surface area contributed by atoms with E-state index in [1.807, 2.05) is 42.5 Å². The summed E-state index contributed by atoms with van der Waals surface area (Å²) in [6, 6.07) is 24.6. The molecule has 0 saturated carbocycles. The van der Waals surface area contributed by atoms with Crippen LogP contribution in [0.25, 0.3) is 11.1 Å². The highest BCUT2D eigenvalue weighted by molar-refractivity contribution is 6.30. The SMILES string of the molecule is O=C1Nc2ccc(Cl)cc2C2(CCCN(C(=O)[C@H](Cc3ccccc3)Nc3ccc(-c4cccc(C(=O)O)c4)cn3)C2)O1. The number of amides is 2. The van der Waals surface area contributed by atoms with Crippen LogP contribution in [0.2, 0.25) is 5.02 Å². The van der Waals surface area contributed by atoms with Crippen molar-refractivity contribution in [2.75, 3.05) is 23.7 Å². The normalized spacial score (nSPS) is 18.3. The molecule has 3 N–H and O–H groups in total. The summed E-state index contributed by atoms with van der Waals surface area (Å²) < 4.78 is 5.90. The van der Waals surface area contributed by atoms with Crippen LogP contribution in [0, 0.1) is 0 Å². The topological polar surface area (TPSA) is 121 Å². The van der Waals surface area contributed by atoms with Crippen LogP contribution >= 0.6 is 11.6 Å². The van der Waals surface area contributed by atoms with E-state index in [2.05, 4.69) is 15.6 Å². The molecule has 1 unspecified atom stereocenters. The summed E-state index contributed by atoms with van der Waals surface area (Å²) in [7, 11) is 0. The standard InChI is InChI=1S/C33H29ClN4O5/c34-25-11-12-27-26(18-25)33(43-32(42)37-27)14-5-15-38(20-33)30(39)28(16-21-6-2-1-3-7-21)36-29-13-10-24(19-35-29)22-8-4-9-23(17-22)31(40)41/h1-4,6-13,17-19,28H,5,14-16,20H2,(H,35,36)(H,37,42)(H,40,41)/t28-,33?/m0/s1. The smallest absolute Gasteiger partial charge is 0.412 e. The van der Waals surface area contributed by atoms with E-state index in [-0.39, 0.29) is 18.0 Å². The number of hydrogen-bond acceptors (Lipinski definition) is 6. The summed E-state index contributed by atoms with van der Waals surface area (Å²) in [5.74, 6) is -0.633. The number of pyridine rings is 1. The van der Waals surface area contributed by atoms with Gasteiger partial charge in [0.15, 0.2) is 5.60 Å². The molecule has 2 amide bonds. The number of fused-ring (bicyclic) bond motifs is 2. The molecule has 1 aromatic heterocycles. The van der Waals surface area contributed by atoms with Gasteiger partial charge in [-0.3, -0.25) is 10.1 Å². The van der Waals surface area contributed by atoms with E-state index in [0.29, 0.717) is 42.3 Å². The zero-order chi connectivity index (χ0) is 30.0. The van der Waals surface area contributed by atoms with Crippen LogP contribution in [0.5, 0.6) is 0 Å². The number of halogens is 1. The van der Waals surface area contributed by atoms with Crippen molar-refractivity contribution >= 4 is 41.1 Å². The van der Waals surface area contributed by atoms with Crippen LogP contribution < -0.4 is 10.6 Å². The minimum Gasteiger partial charge on any atom is -0.478 e. The van der Waals surface area contributed by atoms with E-state index in [0.717, 1.165) is 22.3 Å². The van der Waals surface area contributed by atoms with Gasteiger partial charge in [-0.05, 0) is 66.4 Å². The fourth-order valence-corrected chi connectivity index (χ4v) is 5.99. The molecular weight excluding hydrogens is 568 g/mol. The van der Waals surface area contributed by atoms with Gasteiger partial charge in [0.25, 0.3) is 0 Å². The number of carboxylic acid groups (broad SMARTS) is 1. The molecule has 3 aromatic carbocycles. The first-order valence-corrected chi connectivity index (χ1v) is 14.4. The summed E-state index contributed by atoms with van der Waals surface area (Å²) in [6.07, 6.45) is 2.72. The van der Waals surface area contributed by atoms with Crippen molar-refractivity contribution in [1.82, 2.24) is 9.88 Å². The monoisotopic (exact) mass is 596 g/mol. The third kappa shape index (κ3) is 6.03. The van der Waals surface area contributed by atoms with Crippen molar-refractivity contribution in [2.45, 2.75) is 30.9 Å². The average molecular weight is 597 g/mol. The fraction of sp³-hybridized carbons (Fsp3) is 0.212. The molecule has 1 spiro atoms. The van der Waals surface area contributed by atoms with Crippen LogP contribution in [-0.4, -0.2) is 52.1 Å². The second-order valence-corrected chi connectivity index (χ2v) is 11.2. The maximum absolute atomic E-state index is 14.2. The number of piperidine rings is 1. The second-order valence-electron chi connectivity index (χ2n) is 10.8. The molecule has 10 heteroatoms. The molecule has 6 rings (SSSR count). The predicted octanol–water partition coefficient (Wildman–Crippen LogP) is 6.20.